The normalized spacial score (nSPS) is 12.5. The molecule has 0 aliphatic heterocycles. The average molecular weight is 277 g/mol. The van der Waals surface area contributed by atoms with Crippen molar-refractivity contribution >= 4 is 11.6 Å². The molecule has 0 aliphatic rings. The first-order chi connectivity index (χ1) is 8.99. The molecule has 2 aromatic carbocycles. The van der Waals surface area contributed by atoms with Crippen LogP contribution in [-0.4, -0.2) is 0 Å². The van der Waals surface area contributed by atoms with Gasteiger partial charge in [0.05, 0.1) is 5.38 Å². The van der Waals surface area contributed by atoms with Crippen molar-refractivity contribution in [3.8, 4) is 0 Å². The van der Waals surface area contributed by atoms with E-state index in [0.29, 0.717) is 17.5 Å². The molecule has 2 heteroatoms. The van der Waals surface area contributed by atoms with Crippen molar-refractivity contribution in [2.45, 2.75) is 32.6 Å². The Balaban J connectivity index is 2.23. The van der Waals surface area contributed by atoms with Gasteiger partial charge in [0, 0.05) is 5.56 Å². The van der Waals surface area contributed by atoms with Gasteiger partial charge in [-0.25, -0.2) is 4.39 Å². The Morgan fingerprint density at radius 1 is 1.00 bits per heavy atom. The van der Waals surface area contributed by atoms with Gasteiger partial charge in [-0.3, -0.25) is 0 Å². The number of hydrogen-bond donors (Lipinski definition) is 0. The maximum absolute atomic E-state index is 14.0. The number of halogens is 2. The van der Waals surface area contributed by atoms with Crippen LogP contribution < -0.4 is 0 Å². The third-order valence-corrected chi connectivity index (χ3v) is 3.93. The Hall–Kier alpha value is -1.34. The molecule has 0 heterocycles. The summed E-state index contributed by atoms with van der Waals surface area (Å²) in [4.78, 5) is 0. The van der Waals surface area contributed by atoms with Crippen molar-refractivity contribution in [2.24, 2.45) is 0 Å². The van der Waals surface area contributed by atoms with E-state index < -0.39 is 0 Å². The van der Waals surface area contributed by atoms with Gasteiger partial charge in [-0.15, -0.1) is 11.6 Å². The fourth-order valence-electron chi connectivity index (χ4n) is 2.16. The Bertz CT molecular complexity index is 590. The molecule has 0 saturated heterocycles. The maximum Gasteiger partial charge on any atom is 0.130 e. The van der Waals surface area contributed by atoms with Gasteiger partial charge < -0.3 is 0 Å². The van der Waals surface area contributed by atoms with E-state index in [-0.39, 0.29) is 11.2 Å². The van der Waals surface area contributed by atoms with Crippen LogP contribution in [0.3, 0.4) is 0 Å². The Morgan fingerprint density at radius 2 is 1.74 bits per heavy atom. The lowest BCUT2D eigenvalue weighted by Gasteiger charge is -2.13. The average Bonchev–Trinajstić information content (AvgIpc) is 2.37. The van der Waals surface area contributed by atoms with Crippen LogP contribution in [0.5, 0.6) is 0 Å². The molecular formula is C17H18ClF. The molecule has 19 heavy (non-hydrogen) atoms. The third kappa shape index (κ3) is 3.16. The van der Waals surface area contributed by atoms with E-state index in [1.54, 1.807) is 19.1 Å². The minimum atomic E-state index is -0.331. The predicted molar refractivity (Wildman–Crippen MR) is 79.4 cm³/mol. The summed E-state index contributed by atoms with van der Waals surface area (Å²) in [6, 6.07) is 11.6. The van der Waals surface area contributed by atoms with Crippen LogP contribution in [-0.2, 0) is 6.42 Å². The molecule has 2 rings (SSSR count). The smallest absolute Gasteiger partial charge is 0.130 e. The number of alkyl halides is 1. The molecule has 0 fully saturated rings. The summed E-state index contributed by atoms with van der Waals surface area (Å²) in [5.41, 5.74) is 4.87. The van der Waals surface area contributed by atoms with Crippen molar-refractivity contribution in [2.75, 3.05) is 0 Å². The van der Waals surface area contributed by atoms with Crippen LogP contribution in [0.1, 0.15) is 33.2 Å². The zero-order valence-corrected chi connectivity index (χ0v) is 12.3. The number of aryl methyl sites for hydroxylation is 3. The molecule has 0 saturated carbocycles. The fraction of sp³-hybridized carbons (Fsp3) is 0.294. The monoisotopic (exact) mass is 276 g/mol. The van der Waals surface area contributed by atoms with Gasteiger partial charge >= 0.3 is 0 Å². The first-order valence-corrected chi connectivity index (χ1v) is 6.88. The molecule has 0 aromatic heterocycles. The summed E-state index contributed by atoms with van der Waals surface area (Å²) >= 11 is 6.37. The first kappa shape index (κ1) is 14.1. The zero-order chi connectivity index (χ0) is 14.0. The van der Waals surface area contributed by atoms with E-state index >= 15 is 0 Å². The van der Waals surface area contributed by atoms with Gasteiger partial charge in [-0.2, -0.15) is 0 Å². The number of rotatable bonds is 3. The van der Waals surface area contributed by atoms with E-state index in [4.69, 9.17) is 11.6 Å². The maximum atomic E-state index is 14.0. The topological polar surface area (TPSA) is 0 Å². The highest BCUT2D eigenvalue weighted by molar-refractivity contribution is 6.21. The second-order valence-corrected chi connectivity index (χ2v) is 5.60. The highest BCUT2D eigenvalue weighted by Gasteiger charge is 2.15. The Labute approximate surface area is 119 Å². The lowest BCUT2D eigenvalue weighted by atomic mass is 9.99. The molecule has 0 radical (unpaired) electrons. The summed E-state index contributed by atoms with van der Waals surface area (Å²) in [7, 11) is 0. The summed E-state index contributed by atoms with van der Waals surface area (Å²) in [6.07, 6.45) is 0.642. The van der Waals surface area contributed by atoms with E-state index in [0.717, 1.165) is 5.56 Å². The van der Waals surface area contributed by atoms with Crippen molar-refractivity contribution in [1.82, 2.24) is 0 Å². The zero-order valence-electron chi connectivity index (χ0n) is 11.5. The van der Waals surface area contributed by atoms with Crippen molar-refractivity contribution in [1.29, 1.82) is 0 Å². The largest absolute Gasteiger partial charge is 0.206 e. The van der Waals surface area contributed by atoms with Gasteiger partial charge in [0.1, 0.15) is 5.82 Å². The van der Waals surface area contributed by atoms with Crippen LogP contribution >= 0.6 is 11.6 Å². The van der Waals surface area contributed by atoms with Crippen molar-refractivity contribution in [3.63, 3.8) is 0 Å². The van der Waals surface area contributed by atoms with Gasteiger partial charge in [0.2, 0.25) is 0 Å². The molecule has 0 nitrogen and oxygen atoms in total. The Kier molecular flexibility index (Phi) is 4.26. The van der Waals surface area contributed by atoms with Crippen LogP contribution in [0, 0.1) is 26.6 Å². The summed E-state index contributed by atoms with van der Waals surface area (Å²) in [5.74, 6) is -0.189. The lowest BCUT2D eigenvalue weighted by molar-refractivity contribution is 0.597. The van der Waals surface area contributed by atoms with Crippen molar-refractivity contribution < 1.29 is 4.39 Å². The highest BCUT2D eigenvalue weighted by Crippen LogP contribution is 2.29. The molecule has 2 aromatic rings. The SMILES string of the molecule is Cc1ccc(CC(Cl)c2cccc(C)c2F)cc1C. The fourth-order valence-corrected chi connectivity index (χ4v) is 2.51. The molecule has 0 bridgehead atoms. The summed E-state index contributed by atoms with van der Waals surface area (Å²) in [5, 5.41) is -0.331. The minimum Gasteiger partial charge on any atom is -0.206 e. The van der Waals surface area contributed by atoms with Crippen LogP contribution in [0.25, 0.3) is 0 Å². The molecule has 100 valence electrons. The van der Waals surface area contributed by atoms with Crippen molar-refractivity contribution in [3.05, 3.63) is 70.0 Å². The molecule has 1 atom stereocenters. The summed E-state index contributed by atoms with van der Waals surface area (Å²) < 4.78 is 14.0. The van der Waals surface area contributed by atoms with E-state index in [1.807, 2.05) is 6.07 Å². The van der Waals surface area contributed by atoms with E-state index in [2.05, 4.69) is 32.0 Å². The molecule has 1 unspecified atom stereocenters. The van der Waals surface area contributed by atoms with E-state index in [9.17, 15) is 4.39 Å². The minimum absolute atomic E-state index is 0.189. The van der Waals surface area contributed by atoms with E-state index in [1.165, 1.54) is 11.1 Å². The van der Waals surface area contributed by atoms with Gasteiger partial charge in [-0.05, 0) is 49.4 Å². The highest BCUT2D eigenvalue weighted by atomic mass is 35.5. The van der Waals surface area contributed by atoms with Crippen LogP contribution in [0.15, 0.2) is 36.4 Å². The predicted octanol–water partition coefficient (Wildman–Crippen LogP) is 5.27. The van der Waals surface area contributed by atoms with Crippen LogP contribution in [0.2, 0.25) is 0 Å². The summed E-state index contributed by atoms with van der Waals surface area (Å²) in [6.45, 7) is 5.92. The second kappa shape index (κ2) is 5.75. The third-order valence-electron chi connectivity index (χ3n) is 3.55. The quantitative estimate of drug-likeness (QED) is 0.670. The van der Waals surface area contributed by atoms with Gasteiger partial charge in [0.15, 0.2) is 0 Å². The molecule has 0 amide bonds. The van der Waals surface area contributed by atoms with Gasteiger partial charge in [-0.1, -0.05) is 36.4 Å². The molecule has 0 spiro atoms. The number of hydrogen-bond acceptors (Lipinski definition) is 0. The molecular weight excluding hydrogens is 259 g/mol. The number of benzene rings is 2. The second-order valence-electron chi connectivity index (χ2n) is 5.07. The Morgan fingerprint density at radius 3 is 2.42 bits per heavy atom. The standard InChI is InChI=1S/C17H18ClF/c1-11-7-8-14(9-13(11)3)10-16(18)15-6-4-5-12(2)17(15)19/h4-9,16H,10H2,1-3H3. The molecule has 0 aliphatic carbocycles. The lowest BCUT2D eigenvalue weighted by Crippen LogP contribution is -2.01. The van der Waals surface area contributed by atoms with Gasteiger partial charge in [0.25, 0.3) is 0 Å². The first-order valence-electron chi connectivity index (χ1n) is 6.44. The van der Waals surface area contributed by atoms with Crippen LogP contribution in [0.4, 0.5) is 4.39 Å². The molecule has 0 N–H and O–H groups in total.